The molecule has 31 heavy (non-hydrogen) atoms. The van der Waals surface area contributed by atoms with Crippen LogP contribution >= 0.6 is 23.2 Å². The average molecular weight is 463 g/mol. The van der Waals surface area contributed by atoms with Crippen molar-refractivity contribution in [2.24, 2.45) is 0 Å². The molecular formula is C21H17Cl2FN4O3. The molecule has 1 aliphatic heterocycles. The Morgan fingerprint density at radius 1 is 1.29 bits per heavy atom. The normalized spacial score (nSPS) is 15.0. The fraction of sp³-hybridized carbons (Fsp3) is 0.190. The molecule has 0 fully saturated rings. The molecule has 2 aromatic carbocycles. The van der Waals surface area contributed by atoms with E-state index in [4.69, 9.17) is 27.9 Å². The minimum Gasteiger partial charge on any atom is -0.378 e. The predicted molar refractivity (Wildman–Crippen MR) is 116 cm³/mol. The van der Waals surface area contributed by atoms with E-state index in [2.05, 4.69) is 15.7 Å². The van der Waals surface area contributed by atoms with Gasteiger partial charge in [0, 0.05) is 23.4 Å². The van der Waals surface area contributed by atoms with E-state index in [-0.39, 0.29) is 24.0 Å². The van der Waals surface area contributed by atoms with Crippen LogP contribution in [0.5, 0.6) is 0 Å². The predicted octanol–water partition coefficient (Wildman–Crippen LogP) is 4.66. The minimum absolute atomic E-state index is 0.110. The number of ether oxygens (including phenoxy) is 1. The van der Waals surface area contributed by atoms with E-state index in [1.807, 2.05) is 6.07 Å². The van der Waals surface area contributed by atoms with Gasteiger partial charge in [0.2, 0.25) is 5.91 Å². The lowest BCUT2D eigenvalue weighted by atomic mass is 10.1. The Balaban J connectivity index is 1.62. The van der Waals surface area contributed by atoms with E-state index in [9.17, 15) is 14.0 Å². The highest BCUT2D eigenvalue weighted by atomic mass is 35.5. The van der Waals surface area contributed by atoms with Gasteiger partial charge in [-0.25, -0.2) is 9.07 Å². The molecule has 10 heteroatoms. The zero-order valence-electron chi connectivity index (χ0n) is 16.3. The lowest BCUT2D eigenvalue weighted by Gasteiger charge is -2.10. The summed E-state index contributed by atoms with van der Waals surface area (Å²) in [6, 6.07) is 10.2. The Kier molecular flexibility index (Phi) is 5.95. The number of methoxy groups -OCH3 is 1. The lowest BCUT2D eigenvalue weighted by molar-refractivity contribution is -0.123. The van der Waals surface area contributed by atoms with Gasteiger partial charge in [-0.3, -0.25) is 9.59 Å². The molecule has 1 aromatic heterocycles. The summed E-state index contributed by atoms with van der Waals surface area (Å²) in [5.41, 5.74) is 2.39. The van der Waals surface area contributed by atoms with Crippen molar-refractivity contribution in [1.82, 2.24) is 9.78 Å². The van der Waals surface area contributed by atoms with Crippen molar-refractivity contribution in [2.75, 3.05) is 17.7 Å². The molecule has 4 rings (SSSR count). The van der Waals surface area contributed by atoms with E-state index in [0.717, 1.165) is 11.6 Å². The highest BCUT2D eigenvalue weighted by Crippen LogP contribution is 2.39. The summed E-state index contributed by atoms with van der Waals surface area (Å²) < 4.78 is 20.1. The van der Waals surface area contributed by atoms with Crippen LogP contribution in [0.1, 0.15) is 18.2 Å². The molecule has 0 bridgehead atoms. The molecule has 0 spiro atoms. The van der Waals surface area contributed by atoms with Crippen molar-refractivity contribution in [3.8, 4) is 11.1 Å². The van der Waals surface area contributed by atoms with Crippen molar-refractivity contribution < 1.29 is 18.7 Å². The molecule has 2 amide bonds. The van der Waals surface area contributed by atoms with E-state index in [0.29, 0.717) is 27.8 Å². The second-order valence-corrected chi connectivity index (χ2v) is 7.79. The third-order valence-electron chi connectivity index (χ3n) is 4.80. The third-order valence-corrected chi connectivity index (χ3v) is 5.32. The molecule has 1 atom stereocenters. The van der Waals surface area contributed by atoms with Crippen molar-refractivity contribution in [3.63, 3.8) is 0 Å². The summed E-state index contributed by atoms with van der Waals surface area (Å²) in [7, 11) is 1.55. The number of carbonyl (C=O) groups excluding carboxylic acids is 2. The van der Waals surface area contributed by atoms with Gasteiger partial charge in [0.05, 0.1) is 23.7 Å². The van der Waals surface area contributed by atoms with Gasteiger partial charge in [-0.2, -0.15) is 5.10 Å². The summed E-state index contributed by atoms with van der Waals surface area (Å²) in [5, 5.41) is 10.4. The smallest absolute Gasteiger partial charge is 0.251 e. The van der Waals surface area contributed by atoms with Crippen LogP contribution in [0, 0.1) is 5.82 Å². The van der Waals surface area contributed by atoms with Gasteiger partial charge in [-0.1, -0.05) is 35.3 Å². The summed E-state index contributed by atoms with van der Waals surface area (Å²) in [6.07, 6.45) is -0.170. The van der Waals surface area contributed by atoms with Crippen molar-refractivity contribution in [3.05, 3.63) is 64.0 Å². The van der Waals surface area contributed by atoms with E-state index >= 15 is 0 Å². The zero-order chi connectivity index (χ0) is 22.1. The number of nitrogens with one attached hydrogen (secondary N) is 2. The topological polar surface area (TPSA) is 85.2 Å². The number of hydrogen-bond acceptors (Lipinski definition) is 4. The molecule has 0 radical (unpaired) electrons. The Labute approximate surface area is 187 Å². The molecule has 3 aromatic rings. The van der Waals surface area contributed by atoms with Gasteiger partial charge in [0.25, 0.3) is 5.91 Å². The number of carbonyl (C=O) groups is 2. The van der Waals surface area contributed by atoms with Gasteiger partial charge < -0.3 is 15.4 Å². The maximum absolute atomic E-state index is 13.3. The van der Waals surface area contributed by atoms with Crippen molar-refractivity contribution in [2.45, 2.75) is 19.1 Å². The van der Waals surface area contributed by atoms with Crippen LogP contribution in [0.25, 0.3) is 11.1 Å². The standard InChI is InChI=1S/C21H17Cl2FN4O3/c1-31-10-16-19(11-3-2-4-12(22)7-11)20-26-21(30)17(28(20)27-16)9-18(29)25-13-5-6-15(24)14(23)8-13/h2-8,17H,9-10H2,1H3,(H,25,29)(H,26,30). The Morgan fingerprint density at radius 3 is 2.81 bits per heavy atom. The quantitative estimate of drug-likeness (QED) is 0.557. The number of nitrogens with zero attached hydrogens (tertiary/aromatic N) is 2. The highest BCUT2D eigenvalue weighted by Gasteiger charge is 2.37. The Bertz CT molecular complexity index is 1180. The molecule has 0 aliphatic carbocycles. The molecule has 2 N–H and O–H groups in total. The SMILES string of the molecule is COCc1nn2c(c1-c1cccc(Cl)c1)NC(=O)C2CC(=O)Nc1ccc(F)c(Cl)c1. The minimum atomic E-state index is -0.852. The molecular weight excluding hydrogens is 446 g/mol. The summed E-state index contributed by atoms with van der Waals surface area (Å²) in [5.74, 6) is -0.914. The van der Waals surface area contributed by atoms with Gasteiger partial charge >= 0.3 is 0 Å². The van der Waals surface area contributed by atoms with Crippen LogP contribution in [0.2, 0.25) is 10.0 Å². The first kappa shape index (κ1) is 21.3. The number of benzene rings is 2. The van der Waals surface area contributed by atoms with Crippen molar-refractivity contribution >= 4 is 46.5 Å². The highest BCUT2D eigenvalue weighted by molar-refractivity contribution is 6.31. The zero-order valence-corrected chi connectivity index (χ0v) is 17.8. The number of anilines is 2. The maximum atomic E-state index is 13.3. The largest absolute Gasteiger partial charge is 0.378 e. The summed E-state index contributed by atoms with van der Waals surface area (Å²) >= 11 is 11.9. The molecule has 1 unspecified atom stereocenters. The van der Waals surface area contributed by atoms with Crippen LogP contribution in [0.3, 0.4) is 0 Å². The number of hydrogen-bond donors (Lipinski definition) is 2. The maximum Gasteiger partial charge on any atom is 0.251 e. The molecule has 2 heterocycles. The second kappa shape index (κ2) is 8.66. The monoisotopic (exact) mass is 462 g/mol. The van der Waals surface area contributed by atoms with Crippen LogP contribution < -0.4 is 10.6 Å². The number of fused-ring (bicyclic) bond motifs is 1. The molecule has 1 aliphatic rings. The average Bonchev–Trinajstić information content (AvgIpc) is 3.20. The Morgan fingerprint density at radius 2 is 2.10 bits per heavy atom. The summed E-state index contributed by atoms with van der Waals surface area (Å²) in [4.78, 5) is 25.2. The lowest BCUT2D eigenvalue weighted by Crippen LogP contribution is -2.24. The van der Waals surface area contributed by atoms with E-state index < -0.39 is 17.8 Å². The fourth-order valence-electron chi connectivity index (χ4n) is 3.46. The first-order valence-electron chi connectivity index (χ1n) is 9.29. The van der Waals surface area contributed by atoms with Crippen molar-refractivity contribution in [1.29, 1.82) is 0 Å². The van der Waals surface area contributed by atoms with E-state index in [1.54, 1.807) is 25.3 Å². The Hall–Kier alpha value is -2.94. The molecule has 160 valence electrons. The first-order chi connectivity index (χ1) is 14.9. The molecule has 7 nitrogen and oxygen atoms in total. The molecule has 0 saturated carbocycles. The van der Waals surface area contributed by atoms with Crippen LogP contribution in [-0.4, -0.2) is 28.7 Å². The molecule has 0 saturated heterocycles. The number of aromatic nitrogens is 2. The summed E-state index contributed by atoms with van der Waals surface area (Å²) in [6.45, 7) is 0.213. The third kappa shape index (κ3) is 4.27. The number of rotatable bonds is 6. The van der Waals surface area contributed by atoms with Gasteiger partial charge in [-0.15, -0.1) is 0 Å². The second-order valence-electron chi connectivity index (χ2n) is 6.94. The number of amides is 2. The fourth-order valence-corrected chi connectivity index (χ4v) is 3.83. The van der Waals surface area contributed by atoms with Crippen LogP contribution in [0.15, 0.2) is 42.5 Å². The van der Waals surface area contributed by atoms with Gasteiger partial charge in [-0.05, 0) is 35.9 Å². The number of halogens is 3. The van der Waals surface area contributed by atoms with E-state index in [1.165, 1.54) is 16.8 Å². The van der Waals surface area contributed by atoms with Crippen LogP contribution in [-0.2, 0) is 20.9 Å². The van der Waals surface area contributed by atoms with Gasteiger partial charge in [0.15, 0.2) is 0 Å². The van der Waals surface area contributed by atoms with Crippen LogP contribution in [0.4, 0.5) is 15.9 Å². The van der Waals surface area contributed by atoms with Gasteiger partial charge in [0.1, 0.15) is 17.7 Å². The first-order valence-corrected chi connectivity index (χ1v) is 10.0.